The number of carboxylic acid groups (broad SMARTS) is 1. The molecule has 0 fully saturated rings. The molecule has 15 heavy (non-hydrogen) atoms. The van der Waals surface area contributed by atoms with Crippen LogP contribution in [0.25, 0.3) is 0 Å². The number of nitrogens with zero attached hydrogens (tertiary/aromatic N) is 1. The lowest BCUT2D eigenvalue weighted by atomic mass is 10.3. The molecule has 0 aliphatic heterocycles. The Bertz CT molecular complexity index is 333. The number of likely N-dealkylation sites (N-methyl/N-ethyl adjacent to an activating group) is 1. The van der Waals surface area contributed by atoms with E-state index in [0.717, 1.165) is 6.54 Å². The second-order valence-corrected chi connectivity index (χ2v) is 3.78. The van der Waals surface area contributed by atoms with Gasteiger partial charge in [-0.3, -0.25) is 0 Å². The summed E-state index contributed by atoms with van der Waals surface area (Å²) in [4.78, 5) is 12.6. The van der Waals surface area contributed by atoms with Gasteiger partial charge in [-0.15, -0.1) is 0 Å². The first-order chi connectivity index (χ1) is 6.99. The summed E-state index contributed by atoms with van der Waals surface area (Å²) in [5.74, 6) is -0.611. The van der Waals surface area contributed by atoms with Crippen LogP contribution < -0.4 is 5.32 Å². The number of hydrogen-bond donors (Lipinski definition) is 2. The van der Waals surface area contributed by atoms with E-state index in [1.165, 1.54) is 6.07 Å². The normalized spacial score (nSPS) is 12.8. The minimum absolute atomic E-state index is 0.0467. The Morgan fingerprint density at radius 3 is 2.73 bits per heavy atom. The predicted molar refractivity (Wildman–Crippen MR) is 57.3 cm³/mol. The molecule has 1 unspecified atom stereocenters. The predicted octanol–water partition coefficient (Wildman–Crippen LogP) is 1.34. The van der Waals surface area contributed by atoms with Gasteiger partial charge in [-0.1, -0.05) is 0 Å². The highest BCUT2D eigenvalue weighted by Gasteiger charge is 2.10. The second-order valence-electron chi connectivity index (χ2n) is 3.78. The van der Waals surface area contributed by atoms with Crippen LogP contribution in [0.4, 0.5) is 5.88 Å². The Morgan fingerprint density at radius 1 is 1.60 bits per heavy atom. The van der Waals surface area contributed by atoms with Gasteiger partial charge in [0.25, 0.3) is 0 Å². The van der Waals surface area contributed by atoms with E-state index in [1.54, 1.807) is 6.07 Å². The third-order valence-electron chi connectivity index (χ3n) is 1.84. The third-order valence-corrected chi connectivity index (χ3v) is 1.84. The molecular formula is C10H16N2O3. The minimum atomic E-state index is -1.05. The molecule has 0 bridgehead atoms. The van der Waals surface area contributed by atoms with E-state index < -0.39 is 5.97 Å². The molecule has 1 heterocycles. The molecule has 2 N–H and O–H groups in total. The molecule has 1 aromatic rings. The van der Waals surface area contributed by atoms with Crippen molar-refractivity contribution in [2.24, 2.45) is 0 Å². The number of carboxylic acids is 1. The quantitative estimate of drug-likeness (QED) is 0.771. The molecule has 0 saturated heterocycles. The highest BCUT2D eigenvalue weighted by atomic mass is 16.4. The summed E-state index contributed by atoms with van der Waals surface area (Å²) in [6, 6.07) is 3.26. The molecule has 84 valence electrons. The maximum atomic E-state index is 10.5. The van der Waals surface area contributed by atoms with Gasteiger partial charge in [0.1, 0.15) is 0 Å². The van der Waals surface area contributed by atoms with Crippen molar-refractivity contribution in [3.63, 3.8) is 0 Å². The molecule has 0 amide bonds. The maximum Gasteiger partial charge on any atom is 0.371 e. The van der Waals surface area contributed by atoms with Crippen molar-refractivity contribution in [3.8, 4) is 0 Å². The lowest BCUT2D eigenvalue weighted by molar-refractivity contribution is 0.0663. The number of anilines is 1. The van der Waals surface area contributed by atoms with Gasteiger partial charge in [0.15, 0.2) is 5.88 Å². The average molecular weight is 212 g/mol. The van der Waals surface area contributed by atoms with Crippen LogP contribution in [0.15, 0.2) is 16.5 Å². The van der Waals surface area contributed by atoms with Crippen LogP contribution in [-0.4, -0.2) is 42.7 Å². The summed E-state index contributed by atoms with van der Waals surface area (Å²) >= 11 is 0. The van der Waals surface area contributed by atoms with Gasteiger partial charge < -0.3 is 19.7 Å². The lowest BCUT2D eigenvalue weighted by Gasteiger charge is -2.17. The topological polar surface area (TPSA) is 65.7 Å². The minimum Gasteiger partial charge on any atom is -0.475 e. The Balaban J connectivity index is 2.53. The summed E-state index contributed by atoms with van der Waals surface area (Å²) < 4.78 is 5.07. The number of carbonyl (C=O) groups is 1. The van der Waals surface area contributed by atoms with Crippen molar-refractivity contribution in [3.05, 3.63) is 17.9 Å². The Kier molecular flexibility index (Phi) is 3.74. The summed E-state index contributed by atoms with van der Waals surface area (Å²) in [5, 5.41) is 11.7. The molecule has 5 nitrogen and oxygen atoms in total. The zero-order chi connectivity index (χ0) is 11.4. The van der Waals surface area contributed by atoms with Crippen molar-refractivity contribution >= 4 is 11.9 Å². The largest absolute Gasteiger partial charge is 0.475 e. The zero-order valence-corrected chi connectivity index (χ0v) is 9.15. The van der Waals surface area contributed by atoms with Gasteiger partial charge in [-0.05, 0) is 27.1 Å². The van der Waals surface area contributed by atoms with E-state index in [1.807, 2.05) is 25.9 Å². The Hall–Kier alpha value is -1.49. The van der Waals surface area contributed by atoms with Gasteiger partial charge in [0.05, 0.1) is 0 Å². The van der Waals surface area contributed by atoms with E-state index in [4.69, 9.17) is 9.52 Å². The standard InChI is InChI=1S/C10H16N2O3/c1-7(6-12(2)3)11-9-5-4-8(15-9)10(13)14/h4-5,7,11H,6H2,1-3H3,(H,13,14). The molecule has 0 radical (unpaired) electrons. The van der Waals surface area contributed by atoms with Crippen LogP contribution in [0, 0.1) is 0 Å². The zero-order valence-electron chi connectivity index (χ0n) is 9.15. The fourth-order valence-corrected chi connectivity index (χ4v) is 1.37. The van der Waals surface area contributed by atoms with Gasteiger partial charge in [-0.25, -0.2) is 4.79 Å². The molecule has 1 aromatic heterocycles. The van der Waals surface area contributed by atoms with Crippen molar-refractivity contribution < 1.29 is 14.3 Å². The molecule has 0 spiro atoms. The van der Waals surface area contributed by atoms with Crippen LogP contribution >= 0.6 is 0 Å². The van der Waals surface area contributed by atoms with E-state index >= 15 is 0 Å². The maximum absolute atomic E-state index is 10.5. The average Bonchev–Trinajstić information content (AvgIpc) is 2.50. The Morgan fingerprint density at radius 2 is 2.27 bits per heavy atom. The van der Waals surface area contributed by atoms with Gasteiger partial charge >= 0.3 is 5.97 Å². The van der Waals surface area contributed by atoms with Gasteiger partial charge in [0.2, 0.25) is 5.76 Å². The molecule has 1 atom stereocenters. The summed E-state index contributed by atoms with van der Waals surface area (Å²) in [7, 11) is 3.95. The molecule has 0 saturated carbocycles. The van der Waals surface area contributed by atoms with E-state index in [-0.39, 0.29) is 11.8 Å². The number of aromatic carboxylic acids is 1. The molecule has 5 heteroatoms. The van der Waals surface area contributed by atoms with E-state index in [0.29, 0.717) is 5.88 Å². The van der Waals surface area contributed by atoms with Crippen LogP contribution in [-0.2, 0) is 0 Å². The monoisotopic (exact) mass is 212 g/mol. The van der Waals surface area contributed by atoms with Crippen molar-refractivity contribution in [2.75, 3.05) is 26.0 Å². The van der Waals surface area contributed by atoms with E-state index in [9.17, 15) is 4.79 Å². The smallest absolute Gasteiger partial charge is 0.371 e. The van der Waals surface area contributed by atoms with Gasteiger partial charge in [0, 0.05) is 18.7 Å². The highest BCUT2D eigenvalue weighted by molar-refractivity contribution is 5.84. The number of hydrogen-bond acceptors (Lipinski definition) is 4. The van der Waals surface area contributed by atoms with Crippen LogP contribution in [0.3, 0.4) is 0 Å². The first-order valence-corrected chi connectivity index (χ1v) is 4.73. The number of rotatable bonds is 5. The first kappa shape index (κ1) is 11.6. The number of furan rings is 1. The van der Waals surface area contributed by atoms with Crippen LogP contribution in [0.2, 0.25) is 0 Å². The fourth-order valence-electron chi connectivity index (χ4n) is 1.37. The van der Waals surface area contributed by atoms with Crippen molar-refractivity contribution in [2.45, 2.75) is 13.0 Å². The third kappa shape index (κ3) is 3.63. The van der Waals surface area contributed by atoms with E-state index in [2.05, 4.69) is 5.32 Å². The first-order valence-electron chi connectivity index (χ1n) is 4.73. The van der Waals surface area contributed by atoms with Gasteiger partial charge in [-0.2, -0.15) is 0 Å². The summed E-state index contributed by atoms with van der Waals surface area (Å²) in [5.41, 5.74) is 0. The van der Waals surface area contributed by atoms with Crippen molar-refractivity contribution in [1.29, 1.82) is 0 Å². The SMILES string of the molecule is CC(CN(C)C)Nc1ccc(C(=O)O)o1. The highest BCUT2D eigenvalue weighted by Crippen LogP contribution is 2.14. The Labute approximate surface area is 88.7 Å². The molecule has 0 aliphatic rings. The van der Waals surface area contributed by atoms with Crippen LogP contribution in [0.5, 0.6) is 0 Å². The second kappa shape index (κ2) is 4.84. The molecule has 1 rings (SSSR count). The fraction of sp³-hybridized carbons (Fsp3) is 0.500. The molecular weight excluding hydrogens is 196 g/mol. The number of nitrogens with one attached hydrogen (secondary N) is 1. The summed E-state index contributed by atoms with van der Waals surface area (Å²) in [6.45, 7) is 2.85. The van der Waals surface area contributed by atoms with Crippen molar-refractivity contribution in [1.82, 2.24) is 4.90 Å². The molecule has 0 aromatic carbocycles. The van der Waals surface area contributed by atoms with Crippen LogP contribution in [0.1, 0.15) is 17.5 Å². The summed E-state index contributed by atoms with van der Waals surface area (Å²) in [6.07, 6.45) is 0. The molecule has 0 aliphatic carbocycles. The lowest BCUT2D eigenvalue weighted by Crippen LogP contribution is -2.29.